The van der Waals surface area contributed by atoms with Gasteiger partial charge in [-0.2, -0.15) is 0 Å². The predicted molar refractivity (Wildman–Crippen MR) is 112 cm³/mol. The zero-order valence-electron chi connectivity index (χ0n) is 15.2. The summed E-state index contributed by atoms with van der Waals surface area (Å²) in [5, 5.41) is 1.35. The van der Waals surface area contributed by atoms with Crippen LogP contribution in [-0.4, -0.2) is 0 Å². The molecule has 25 heavy (non-hydrogen) atoms. The second kappa shape index (κ2) is 6.16. The average Bonchev–Trinajstić information content (AvgIpc) is 2.92. The molecule has 0 unspecified atom stereocenters. The van der Waals surface area contributed by atoms with E-state index in [9.17, 15) is 0 Å². The van der Waals surface area contributed by atoms with Crippen LogP contribution in [0, 0.1) is 27.7 Å². The topological polar surface area (TPSA) is 0 Å². The van der Waals surface area contributed by atoms with E-state index in [0.29, 0.717) is 0 Å². The quantitative estimate of drug-likeness (QED) is 0.354. The Morgan fingerprint density at radius 2 is 1.12 bits per heavy atom. The number of benzene rings is 3. The molecule has 0 radical (unpaired) electrons. The highest BCUT2D eigenvalue weighted by Crippen LogP contribution is 2.45. The highest BCUT2D eigenvalue weighted by molar-refractivity contribution is 7.23. The van der Waals surface area contributed by atoms with Crippen molar-refractivity contribution in [2.75, 3.05) is 0 Å². The van der Waals surface area contributed by atoms with Gasteiger partial charge in [-0.05, 0) is 44.9 Å². The molecule has 0 N–H and O–H groups in total. The van der Waals surface area contributed by atoms with Gasteiger partial charge in [0.1, 0.15) is 0 Å². The van der Waals surface area contributed by atoms with Gasteiger partial charge in [0.05, 0.1) is 0 Å². The van der Waals surface area contributed by atoms with Crippen molar-refractivity contribution in [3.63, 3.8) is 0 Å². The fourth-order valence-electron chi connectivity index (χ4n) is 3.76. The first-order valence-corrected chi connectivity index (χ1v) is 9.52. The van der Waals surface area contributed by atoms with Crippen LogP contribution in [0.25, 0.3) is 31.7 Å². The Bertz CT molecular complexity index is 1040. The predicted octanol–water partition coefficient (Wildman–Crippen LogP) is 7.47. The van der Waals surface area contributed by atoms with Crippen LogP contribution in [0.15, 0.2) is 60.7 Å². The van der Waals surface area contributed by atoms with Gasteiger partial charge in [-0.25, -0.2) is 0 Å². The van der Waals surface area contributed by atoms with Gasteiger partial charge in [-0.1, -0.05) is 76.9 Å². The number of rotatable bonds is 2. The van der Waals surface area contributed by atoms with E-state index in [0.717, 1.165) is 0 Å². The molecule has 1 heteroatoms. The summed E-state index contributed by atoms with van der Waals surface area (Å²) in [5.41, 5.74) is 9.29. The molecule has 1 heterocycles. The van der Waals surface area contributed by atoms with Gasteiger partial charge in [-0.15, -0.1) is 11.3 Å². The number of thiophene rings is 1. The van der Waals surface area contributed by atoms with E-state index in [1.165, 1.54) is 53.9 Å². The molecular weight excluding hydrogens is 320 g/mol. The molecule has 1 aromatic heterocycles. The lowest BCUT2D eigenvalue weighted by molar-refractivity contribution is 1.38. The Morgan fingerprint density at radius 1 is 0.600 bits per heavy atom. The lowest BCUT2D eigenvalue weighted by Gasteiger charge is -2.10. The summed E-state index contributed by atoms with van der Waals surface area (Å²) in [4.78, 5) is 1.37. The highest BCUT2D eigenvalue weighted by atomic mass is 32.1. The summed E-state index contributed by atoms with van der Waals surface area (Å²) in [7, 11) is 0. The van der Waals surface area contributed by atoms with Crippen molar-refractivity contribution in [3.05, 3.63) is 82.9 Å². The van der Waals surface area contributed by atoms with Crippen LogP contribution in [0.2, 0.25) is 0 Å². The van der Waals surface area contributed by atoms with E-state index in [2.05, 4.69) is 88.4 Å². The minimum Gasteiger partial charge on any atom is -0.135 e. The fraction of sp³-hybridized carbons (Fsp3) is 0.167. The first-order valence-electron chi connectivity index (χ1n) is 8.70. The van der Waals surface area contributed by atoms with Crippen LogP contribution in [0.3, 0.4) is 0 Å². The molecule has 4 rings (SSSR count). The second-order valence-electron chi connectivity index (χ2n) is 7.06. The van der Waals surface area contributed by atoms with Crippen molar-refractivity contribution in [1.29, 1.82) is 0 Å². The Kier molecular flexibility index (Phi) is 3.97. The Morgan fingerprint density at radius 3 is 1.72 bits per heavy atom. The molecule has 0 atom stereocenters. The maximum Gasteiger partial charge on any atom is 0.0434 e. The van der Waals surface area contributed by atoms with Gasteiger partial charge in [0.15, 0.2) is 0 Å². The zero-order valence-corrected chi connectivity index (χ0v) is 16.0. The van der Waals surface area contributed by atoms with E-state index in [4.69, 9.17) is 0 Å². The third-order valence-corrected chi connectivity index (χ3v) is 5.81. The van der Waals surface area contributed by atoms with Crippen LogP contribution in [0.4, 0.5) is 0 Å². The van der Waals surface area contributed by atoms with Crippen molar-refractivity contribution in [1.82, 2.24) is 0 Å². The minimum absolute atomic E-state index is 1.32. The zero-order chi connectivity index (χ0) is 17.6. The molecule has 0 aliphatic carbocycles. The molecule has 0 saturated carbocycles. The van der Waals surface area contributed by atoms with Crippen molar-refractivity contribution in [2.24, 2.45) is 0 Å². The maximum atomic E-state index is 2.31. The largest absolute Gasteiger partial charge is 0.135 e. The van der Waals surface area contributed by atoms with E-state index >= 15 is 0 Å². The van der Waals surface area contributed by atoms with Gasteiger partial charge >= 0.3 is 0 Å². The number of hydrogen-bond acceptors (Lipinski definition) is 1. The standard InChI is InChI=1S/C24H22S/c1-15-9-16(2)12-19(11-15)23-21-7-5-6-8-22(21)25-24(23)20-13-17(3)10-18(4)14-20/h5-14H,1-4H3. The fourth-order valence-corrected chi connectivity index (χ4v) is 4.97. The van der Waals surface area contributed by atoms with Gasteiger partial charge in [0.2, 0.25) is 0 Å². The van der Waals surface area contributed by atoms with Crippen LogP contribution < -0.4 is 0 Å². The van der Waals surface area contributed by atoms with Crippen LogP contribution in [0.1, 0.15) is 22.3 Å². The van der Waals surface area contributed by atoms with Crippen molar-refractivity contribution in [2.45, 2.75) is 27.7 Å². The van der Waals surface area contributed by atoms with Crippen molar-refractivity contribution >= 4 is 21.4 Å². The molecule has 0 aliphatic heterocycles. The van der Waals surface area contributed by atoms with Crippen molar-refractivity contribution < 1.29 is 0 Å². The average molecular weight is 343 g/mol. The molecule has 0 saturated heterocycles. The maximum absolute atomic E-state index is 2.31. The smallest absolute Gasteiger partial charge is 0.0434 e. The molecule has 4 aromatic rings. The lowest BCUT2D eigenvalue weighted by atomic mass is 9.95. The monoisotopic (exact) mass is 342 g/mol. The van der Waals surface area contributed by atoms with E-state index in [1.807, 2.05) is 11.3 Å². The summed E-state index contributed by atoms with van der Waals surface area (Å²) in [5.74, 6) is 0. The molecule has 0 aliphatic rings. The number of aryl methyl sites for hydroxylation is 4. The summed E-state index contributed by atoms with van der Waals surface area (Å²) >= 11 is 1.90. The number of fused-ring (bicyclic) bond motifs is 1. The van der Waals surface area contributed by atoms with Crippen LogP contribution in [-0.2, 0) is 0 Å². The third-order valence-electron chi connectivity index (χ3n) is 4.59. The first-order chi connectivity index (χ1) is 12.0. The van der Waals surface area contributed by atoms with Gasteiger partial charge < -0.3 is 0 Å². The minimum atomic E-state index is 1.32. The molecule has 0 amide bonds. The van der Waals surface area contributed by atoms with Gasteiger partial charge in [0, 0.05) is 20.5 Å². The van der Waals surface area contributed by atoms with E-state index < -0.39 is 0 Å². The molecule has 0 fully saturated rings. The van der Waals surface area contributed by atoms with Crippen LogP contribution >= 0.6 is 11.3 Å². The molecule has 124 valence electrons. The third kappa shape index (κ3) is 3.01. The molecular formula is C24H22S. The summed E-state index contributed by atoms with van der Waals surface area (Å²) in [6, 6.07) is 22.5. The number of hydrogen-bond donors (Lipinski definition) is 0. The molecule has 0 spiro atoms. The first kappa shape index (κ1) is 16.1. The summed E-state index contributed by atoms with van der Waals surface area (Å²) < 4.78 is 1.35. The SMILES string of the molecule is Cc1cc(C)cc(-c2sc3ccccc3c2-c2cc(C)cc(C)c2)c1. The van der Waals surface area contributed by atoms with E-state index in [1.54, 1.807) is 0 Å². The van der Waals surface area contributed by atoms with Gasteiger partial charge in [-0.3, -0.25) is 0 Å². The second-order valence-corrected chi connectivity index (χ2v) is 8.11. The Hall–Kier alpha value is -2.38. The Labute approximate surface area is 153 Å². The lowest BCUT2D eigenvalue weighted by Crippen LogP contribution is -1.86. The highest BCUT2D eigenvalue weighted by Gasteiger charge is 2.16. The normalized spacial score (nSPS) is 11.2. The molecule has 0 bridgehead atoms. The van der Waals surface area contributed by atoms with E-state index in [-0.39, 0.29) is 0 Å². The van der Waals surface area contributed by atoms with Crippen LogP contribution in [0.5, 0.6) is 0 Å². The van der Waals surface area contributed by atoms with Crippen molar-refractivity contribution in [3.8, 4) is 21.6 Å². The Balaban J connectivity index is 2.08. The summed E-state index contributed by atoms with van der Waals surface area (Å²) in [6.45, 7) is 8.73. The van der Waals surface area contributed by atoms with Gasteiger partial charge in [0.25, 0.3) is 0 Å². The molecule has 3 aromatic carbocycles. The summed E-state index contributed by atoms with van der Waals surface area (Å²) in [6.07, 6.45) is 0. The molecule has 0 nitrogen and oxygen atoms in total.